The van der Waals surface area contributed by atoms with E-state index in [9.17, 15) is 33.6 Å². The summed E-state index contributed by atoms with van der Waals surface area (Å²) >= 11 is 0. The first-order chi connectivity index (χ1) is 39.4. The minimum Gasteiger partial charge on any atom is -0.469 e. The molecule has 0 aromatic rings. The normalized spacial score (nSPS) is 32.9. The van der Waals surface area contributed by atoms with Gasteiger partial charge < -0.3 is 98.2 Å². The molecule has 0 bridgehead atoms. The molecular weight excluding hydrogens is 1100 g/mol. The van der Waals surface area contributed by atoms with Crippen LogP contribution in [0.4, 0.5) is 4.79 Å². The number of hydrogen-bond donors (Lipinski definition) is 6. The lowest BCUT2D eigenvalue weighted by Gasteiger charge is -2.43. The molecule has 27 heteroatoms. The van der Waals surface area contributed by atoms with Crippen LogP contribution in [0, 0.1) is 17.8 Å². The van der Waals surface area contributed by atoms with Crippen LogP contribution in [0.5, 0.6) is 0 Å². The van der Waals surface area contributed by atoms with Gasteiger partial charge in [-0.3, -0.25) is 28.8 Å². The number of amides is 6. The number of carbonyl (C=O) groups excluding carboxylic acids is 7. The van der Waals surface area contributed by atoms with Crippen molar-refractivity contribution < 1.29 is 99.9 Å². The summed E-state index contributed by atoms with van der Waals surface area (Å²) in [4.78, 5) is 93.3. The molecule has 6 aliphatic rings. The number of carbonyl (C=O) groups is 7. The van der Waals surface area contributed by atoms with Crippen molar-refractivity contribution in [3.8, 4) is 0 Å². The van der Waals surface area contributed by atoms with Gasteiger partial charge in [-0.25, -0.2) is 4.79 Å². The molecule has 0 spiro atoms. The van der Waals surface area contributed by atoms with Gasteiger partial charge in [0.05, 0.1) is 61.9 Å². The third-order valence-corrected chi connectivity index (χ3v) is 15.7. The highest BCUT2D eigenvalue weighted by molar-refractivity contribution is 5.81. The van der Waals surface area contributed by atoms with Crippen LogP contribution < -0.4 is 31.9 Å². The Morgan fingerprint density at radius 2 is 0.762 bits per heavy atom. The second-order valence-corrected chi connectivity index (χ2v) is 25.0. The fourth-order valence-electron chi connectivity index (χ4n) is 12.1. The van der Waals surface area contributed by atoms with E-state index >= 15 is 0 Å². The molecule has 18 atom stereocenters. The van der Waals surface area contributed by atoms with E-state index in [0.29, 0.717) is 6.42 Å². The average Bonchev–Trinajstić information content (AvgIpc) is 1.89. The maximum Gasteiger partial charge on any atom is 0.407 e. The van der Waals surface area contributed by atoms with Crippen LogP contribution in [0.1, 0.15) is 141 Å². The Morgan fingerprint density at radius 3 is 1.06 bits per heavy atom. The van der Waals surface area contributed by atoms with Crippen molar-refractivity contribution in [3.05, 3.63) is 0 Å². The maximum absolute atomic E-state index is 13.9. The SMILES string of the molecule is COC(=O)CCCNC(=O)C[C@H](NC(=O)CCCNC(=O)C[C@H](NC(=O)CCCNC(=O)C[C@H](NC(=O)OC(C)(C)C)C1O[C@@H]2OC(C)(C)O[C@@H]2[C@@H](OC)[C@@H]1C)C1O[C@@H]2OC(C)(C)O[C@@H]2[C@@H](OC)[C@@H]1C)C1O[C@@H]2OC(C)(C)O[C@@H]2[C@@H](OC)[C@@H]1C. The number of alkyl carbamates (subject to hydrolysis) is 1. The molecule has 0 aromatic carbocycles. The molecule has 0 aliphatic carbocycles. The first-order valence-electron chi connectivity index (χ1n) is 29.4. The van der Waals surface area contributed by atoms with Gasteiger partial charge in [0.2, 0.25) is 29.5 Å². The molecule has 480 valence electrons. The highest BCUT2D eigenvalue weighted by Crippen LogP contribution is 2.44. The molecule has 0 saturated carbocycles. The van der Waals surface area contributed by atoms with Crippen molar-refractivity contribution in [2.45, 2.75) is 256 Å². The second kappa shape index (κ2) is 29.5. The highest BCUT2D eigenvalue weighted by atomic mass is 16.8. The lowest BCUT2D eigenvalue weighted by Crippen LogP contribution is -2.60. The van der Waals surface area contributed by atoms with E-state index in [1.807, 2.05) is 20.8 Å². The monoisotopic (exact) mass is 1200 g/mol. The van der Waals surface area contributed by atoms with E-state index in [1.54, 1.807) is 83.6 Å². The van der Waals surface area contributed by atoms with Gasteiger partial charge in [-0.05, 0) is 81.6 Å². The Labute approximate surface area is 493 Å². The Balaban J connectivity index is 1.06. The smallest absolute Gasteiger partial charge is 0.407 e. The van der Waals surface area contributed by atoms with E-state index in [-0.39, 0.29) is 88.7 Å². The second-order valence-electron chi connectivity index (χ2n) is 25.0. The number of ether oxygens (including phenoxy) is 14. The quantitative estimate of drug-likeness (QED) is 0.0508. The van der Waals surface area contributed by atoms with Gasteiger partial charge in [-0.1, -0.05) is 20.8 Å². The Hall–Kier alpha value is -4.39. The molecule has 0 radical (unpaired) electrons. The van der Waals surface area contributed by atoms with Gasteiger partial charge in [0, 0.05) is 97.2 Å². The lowest BCUT2D eigenvalue weighted by atomic mass is 9.85. The number of esters is 1. The molecule has 0 aromatic heterocycles. The topological polar surface area (TPSA) is 321 Å². The number of methoxy groups -OCH3 is 4. The molecule has 6 N–H and O–H groups in total. The first-order valence-corrected chi connectivity index (χ1v) is 29.4. The van der Waals surface area contributed by atoms with Crippen LogP contribution in [0.15, 0.2) is 0 Å². The molecule has 84 heavy (non-hydrogen) atoms. The molecule has 6 amide bonds. The van der Waals surface area contributed by atoms with Crippen LogP contribution in [-0.2, 0) is 95.1 Å². The van der Waals surface area contributed by atoms with Gasteiger partial charge >= 0.3 is 12.1 Å². The van der Waals surface area contributed by atoms with E-state index < -0.39 is 157 Å². The highest BCUT2D eigenvalue weighted by Gasteiger charge is 2.58. The third-order valence-electron chi connectivity index (χ3n) is 15.7. The van der Waals surface area contributed by atoms with Gasteiger partial charge in [-0.2, -0.15) is 0 Å². The van der Waals surface area contributed by atoms with Gasteiger partial charge in [-0.15, -0.1) is 0 Å². The zero-order valence-corrected chi connectivity index (χ0v) is 52.0. The molecule has 6 aliphatic heterocycles. The van der Waals surface area contributed by atoms with E-state index in [1.165, 1.54) is 7.11 Å². The minimum absolute atomic E-state index is 0.0390. The van der Waals surface area contributed by atoms with Crippen molar-refractivity contribution in [2.75, 3.05) is 48.1 Å². The van der Waals surface area contributed by atoms with Crippen LogP contribution >= 0.6 is 0 Å². The van der Waals surface area contributed by atoms with Crippen LogP contribution in [0.2, 0.25) is 0 Å². The molecule has 6 rings (SSSR count). The molecule has 27 nitrogen and oxygen atoms in total. The van der Waals surface area contributed by atoms with Crippen LogP contribution in [0.3, 0.4) is 0 Å². The van der Waals surface area contributed by atoms with E-state index in [0.717, 1.165) is 0 Å². The van der Waals surface area contributed by atoms with Crippen molar-refractivity contribution in [2.24, 2.45) is 17.8 Å². The van der Waals surface area contributed by atoms with Crippen molar-refractivity contribution in [1.29, 1.82) is 0 Å². The predicted octanol–water partition coefficient (Wildman–Crippen LogP) is 2.46. The Morgan fingerprint density at radius 1 is 0.452 bits per heavy atom. The largest absolute Gasteiger partial charge is 0.469 e. The van der Waals surface area contributed by atoms with E-state index in [2.05, 4.69) is 31.9 Å². The molecule has 6 heterocycles. The number of nitrogens with one attached hydrogen (secondary N) is 6. The predicted molar refractivity (Wildman–Crippen MR) is 296 cm³/mol. The van der Waals surface area contributed by atoms with Crippen LogP contribution in [-0.4, -0.2) is 205 Å². The molecule has 3 unspecified atom stereocenters. The summed E-state index contributed by atoms with van der Waals surface area (Å²) in [6.45, 7) is 21.8. The van der Waals surface area contributed by atoms with Gasteiger partial charge in [0.1, 0.15) is 23.9 Å². The van der Waals surface area contributed by atoms with Crippen molar-refractivity contribution >= 4 is 41.6 Å². The average molecular weight is 1200 g/mol. The third kappa shape index (κ3) is 18.8. The number of fused-ring (bicyclic) bond motifs is 3. The van der Waals surface area contributed by atoms with Crippen molar-refractivity contribution in [1.82, 2.24) is 31.9 Å². The number of rotatable bonds is 27. The molecular formula is C57H96N6O21. The standard InChI is InChI=1S/C57H96N6O21/c1-29-41(75-50-47(44(29)72-14)78-55(7,8)81-50)32(61-36(65)21-18-24-59-39(68)28-34(63-53(70)84-54(4,5)6)43-31(3)46(74-16)49-52(77-43)83-57(11,12)80-49)26-37(66)58-23-17-20-35(64)62-33(27-38(67)60-25-19-22-40(69)71-13)42-30(2)45(73-15)48-51(76-42)82-56(9,10)79-48/h29-34,41-52H,17-28H2,1-16H3,(H,58,66)(H,59,68)(H,60,67)(H,61,65)(H,62,64)(H,63,70)/t29-,30-,31-,32+,33+,34+,41?,42?,43?,44+,45+,46+,47-,48-,49-,50-,51-,52-/m1/s1. The van der Waals surface area contributed by atoms with Gasteiger partial charge in [0.25, 0.3) is 0 Å². The zero-order chi connectivity index (χ0) is 62.1. The van der Waals surface area contributed by atoms with E-state index in [4.69, 9.17) is 66.3 Å². The first kappa shape index (κ1) is 68.7. The molecule has 6 saturated heterocycles. The Bertz CT molecular complexity index is 2250. The Kier molecular flexibility index (Phi) is 24.2. The maximum atomic E-state index is 13.9. The van der Waals surface area contributed by atoms with Gasteiger partial charge in [0.15, 0.2) is 36.2 Å². The van der Waals surface area contributed by atoms with Crippen LogP contribution in [0.25, 0.3) is 0 Å². The zero-order valence-electron chi connectivity index (χ0n) is 52.0. The summed E-state index contributed by atoms with van der Waals surface area (Å²) in [6, 6.07) is -2.62. The summed E-state index contributed by atoms with van der Waals surface area (Å²) in [5.74, 6) is -6.54. The summed E-state index contributed by atoms with van der Waals surface area (Å²) in [6.07, 6.45) is -8.58. The fraction of sp³-hybridized carbons (Fsp3) is 0.877. The summed E-state index contributed by atoms with van der Waals surface area (Å²) < 4.78 is 83.8. The summed E-state index contributed by atoms with van der Waals surface area (Å²) in [5, 5.41) is 17.4. The lowest BCUT2D eigenvalue weighted by molar-refractivity contribution is -0.243. The summed E-state index contributed by atoms with van der Waals surface area (Å²) in [7, 11) is 5.95. The molecule has 6 fully saturated rings. The minimum atomic E-state index is -1.00. The number of hydrogen-bond acceptors (Lipinski definition) is 21. The van der Waals surface area contributed by atoms with Crippen molar-refractivity contribution in [3.63, 3.8) is 0 Å². The fourth-order valence-corrected chi connectivity index (χ4v) is 12.1. The summed E-state index contributed by atoms with van der Waals surface area (Å²) in [5.41, 5.74) is -0.825.